The minimum atomic E-state index is -1.67. The summed E-state index contributed by atoms with van der Waals surface area (Å²) < 4.78 is 20.6. The van der Waals surface area contributed by atoms with Crippen LogP contribution in [0.25, 0.3) is 11.8 Å². The van der Waals surface area contributed by atoms with Crippen LogP contribution >= 0.6 is 34.8 Å². The number of ether oxygens (including phenoxy) is 4. The Bertz CT molecular complexity index is 842. The maximum Gasteiger partial charge on any atom is 0.231 e. The summed E-state index contributed by atoms with van der Waals surface area (Å²) in [5.41, 5.74) is 2.39. The van der Waals surface area contributed by atoms with Crippen molar-refractivity contribution in [3.05, 3.63) is 53.1 Å². The monoisotopic (exact) mass is 428 g/mol. The quantitative estimate of drug-likeness (QED) is 0.543. The number of benzene rings is 2. The molecule has 0 spiro atoms. The molecule has 0 unspecified atom stereocenters. The third-order valence-electron chi connectivity index (χ3n) is 4.15. The van der Waals surface area contributed by atoms with Gasteiger partial charge in [-0.05, 0) is 55.0 Å². The van der Waals surface area contributed by atoms with Crippen molar-refractivity contribution in [3.63, 3.8) is 0 Å². The van der Waals surface area contributed by atoms with E-state index >= 15 is 0 Å². The Morgan fingerprint density at radius 1 is 1.00 bits per heavy atom. The van der Waals surface area contributed by atoms with Crippen molar-refractivity contribution in [2.75, 3.05) is 20.8 Å². The Morgan fingerprint density at radius 2 is 1.63 bits per heavy atom. The molecule has 1 aliphatic heterocycles. The molecule has 0 amide bonds. The smallest absolute Gasteiger partial charge is 0.231 e. The molecule has 1 aliphatic rings. The highest BCUT2D eigenvalue weighted by Gasteiger charge is 2.40. The van der Waals surface area contributed by atoms with Crippen LogP contribution in [-0.4, -0.2) is 24.6 Å². The number of fused-ring (bicyclic) bond motifs is 1. The molecule has 0 radical (unpaired) electrons. The summed E-state index contributed by atoms with van der Waals surface area (Å²) in [5.74, 6) is 2.50. The average molecular weight is 430 g/mol. The molecule has 0 bridgehead atoms. The van der Waals surface area contributed by atoms with E-state index in [1.807, 2.05) is 43.3 Å². The Balaban J connectivity index is 2.08. The summed E-state index contributed by atoms with van der Waals surface area (Å²) in [6.07, 6.45) is 1.09. The van der Waals surface area contributed by atoms with Gasteiger partial charge in [0.15, 0.2) is 17.6 Å². The van der Waals surface area contributed by atoms with E-state index in [1.54, 1.807) is 20.3 Å². The number of alkyl halides is 3. The Morgan fingerprint density at radius 3 is 2.19 bits per heavy atom. The van der Waals surface area contributed by atoms with Gasteiger partial charge < -0.3 is 18.9 Å². The lowest BCUT2D eigenvalue weighted by molar-refractivity contribution is 0.170. The van der Waals surface area contributed by atoms with Gasteiger partial charge in [-0.2, -0.15) is 0 Å². The third kappa shape index (κ3) is 4.23. The van der Waals surface area contributed by atoms with Gasteiger partial charge in [0.1, 0.15) is 11.5 Å². The fourth-order valence-corrected chi connectivity index (χ4v) is 3.39. The molecule has 0 N–H and O–H groups in total. The second-order valence-corrected chi connectivity index (χ2v) is 8.21. The van der Waals surface area contributed by atoms with E-state index < -0.39 is 9.90 Å². The Hall–Kier alpha value is -1.75. The van der Waals surface area contributed by atoms with Crippen molar-refractivity contribution in [3.8, 4) is 17.2 Å². The first kappa shape index (κ1) is 20.0. The lowest BCUT2D eigenvalue weighted by Gasteiger charge is -2.32. The molecule has 2 aromatic carbocycles. The zero-order valence-corrected chi connectivity index (χ0v) is 17.4. The predicted molar refractivity (Wildman–Crippen MR) is 109 cm³/mol. The van der Waals surface area contributed by atoms with Gasteiger partial charge in [-0.25, -0.2) is 0 Å². The summed E-state index contributed by atoms with van der Waals surface area (Å²) >= 11 is 18.6. The van der Waals surface area contributed by atoms with Crippen LogP contribution in [0.1, 0.15) is 29.7 Å². The van der Waals surface area contributed by atoms with Crippen molar-refractivity contribution in [1.29, 1.82) is 0 Å². The van der Waals surface area contributed by atoms with Gasteiger partial charge in [-0.3, -0.25) is 0 Å². The molecule has 1 atom stereocenters. The molecule has 0 saturated heterocycles. The van der Waals surface area contributed by atoms with Crippen molar-refractivity contribution in [1.82, 2.24) is 0 Å². The fourth-order valence-electron chi connectivity index (χ4n) is 2.90. The van der Waals surface area contributed by atoms with Gasteiger partial charge in [-0.15, -0.1) is 0 Å². The highest BCUT2D eigenvalue weighted by molar-refractivity contribution is 6.68. The molecule has 0 saturated carbocycles. The normalized spacial score (nSPS) is 16.1. The number of halogens is 3. The minimum absolute atomic E-state index is 0.539. The molecule has 2 aromatic rings. The number of rotatable bonds is 5. The second-order valence-electron chi connectivity index (χ2n) is 5.84. The van der Waals surface area contributed by atoms with Crippen LogP contribution in [0, 0.1) is 0 Å². The van der Waals surface area contributed by atoms with Crippen LogP contribution in [0.15, 0.2) is 36.4 Å². The summed E-state index contributed by atoms with van der Waals surface area (Å²) in [4.78, 5) is 0. The van der Waals surface area contributed by atoms with Crippen LogP contribution in [0.5, 0.6) is 17.2 Å². The van der Waals surface area contributed by atoms with Crippen molar-refractivity contribution < 1.29 is 18.9 Å². The molecular formula is C20H19Cl3O4. The number of methoxy groups -OCH3 is 2. The van der Waals surface area contributed by atoms with E-state index in [-0.39, 0.29) is 0 Å². The van der Waals surface area contributed by atoms with E-state index in [1.165, 1.54) is 0 Å². The molecule has 0 fully saturated rings. The molecule has 7 heteroatoms. The van der Waals surface area contributed by atoms with Crippen molar-refractivity contribution in [2.24, 2.45) is 0 Å². The van der Waals surface area contributed by atoms with E-state index in [4.69, 9.17) is 53.8 Å². The standard InChI is InChI=1S/C20H19Cl3O4/c1-4-26-14-7-5-12(6-8-14)16-9-13-10-17(24-2)18(25-3)11-15(13)19(27-16)20(21,22)23/h5-11,19H,4H2,1-3H3/t19-/m1/s1. The highest BCUT2D eigenvalue weighted by atomic mass is 35.6. The van der Waals surface area contributed by atoms with Crippen LogP contribution < -0.4 is 14.2 Å². The topological polar surface area (TPSA) is 36.9 Å². The van der Waals surface area contributed by atoms with Gasteiger partial charge in [0.25, 0.3) is 0 Å². The lowest BCUT2D eigenvalue weighted by Crippen LogP contribution is -2.23. The van der Waals surface area contributed by atoms with Gasteiger partial charge in [-0.1, -0.05) is 34.8 Å². The predicted octanol–water partition coefficient (Wildman–Crippen LogP) is 6.04. The summed E-state index contributed by atoms with van der Waals surface area (Å²) in [7, 11) is 3.13. The summed E-state index contributed by atoms with van der Waals surface area (Å²) in [6, 6.07) is 11.2. The molecule has 1 heterocycles. The number of hydrogen-bond acceptors (Lipinski definition) is 4. The molecular weight excluding hydrogens is 411 g/mol. The molecule has 0 aliphatic carbocycles. The van der Waals surface area contributed by atoms with Crippen LogP contribution in [-0.2, 0) is 4.74 Å². The Labute approximate surface area is 173 Å². The van der Waals surface area contributed by atoms with Crippen molar-refractivity contribution in [2.45, 2.75) is 16.8 Å². The first-order chi connectivity index (χ1) is 12.9. The first-order valence-corrected chi connectivity index (χ1v) is 9.45. The minimum Gasteiger partial charge on any atom is -0.494 e. The van der Waals surface area contributed by atoms with Gasteiger partial charge in [0.2, 0.25) is 3.79 Å². The van der Waals surface area contributed by atoms with Crippen LogP contribution in [0.4, 0.5) is 0 Å². The zero-order chi connectivity index (χ0) is 19.6. The zero-order valence-electron chi connectivity index (χ0n) is 15.1. The second kappa shape index (κ2) is 8.09. The largest absolute Gasteiger partial charge is 0.494 e. The molecule has 144 valence electrons. The van der Waals surface area contributed by atoms with E-state index in [9.17, 15) is 0 Å². The molecule has 3 rings (SSSR count). The van der Waals surface area contributed by atoms with E-state index in [2.05, 4.69) is 0 Å². The lowest BCUT2D eigenvalue weighted by atomic mass is 9.97. The van der Waals surface area contributed by atoms with E-state index in [0.29, 0.717) is 29.4 Å². The van der Waals surface area contributed by atoms with Crippen LogP contribution in [0.3, 0.4) is 0 Å². The Kier molecular flexibility index (Phi) is 5.99. The number of hydrogen-bond donors (Lipinski definition) is 0. The van der Waals surface area contributed by atoms with Crippen LogP contribution in [0.2, 0.25) is 0 Å². The third-order valence-corrected chi connectivity index (χ3v) is 4.74. The molecule has 4 nitrogen and oxygen atoms in total. The van der Waals surface area contributed by atoms with Gasteiger partial charge in [0, 0.05) is 11.1 Å². The summed E-state index contributed by atoms with van der Waals surface area (Å²) in [6.45, 7) is 2.54. The van der Waals surface area contributed by atoms with Gasteiger partial charge in [0.05, 0.1) is 20.8 Å². The van der Waals surface area contributed by atoms with Gasteiger partial charge >= 0.3 is 0 Å². The first-order valence-electron chi connectivity index (χ1n) is 8.31. The average Bonchev–Trinajstić information content (AvgIpc) is 2.66. The van der Waals surface area contributed by atoms with E-state index in [0.717, 1.165) is 16.9 Å². The maximum atomic E-state index is 6.21. The van der Waals surface area contributed by atoms with Crippen molar-refractivity contribution >= 4 is 46.6 Å². The molecule has 0 aromatic heterocycles. The molecule has 27 heavy (non-hydrogen) atoms. The SMILES string of the molecule is CCOc1ccc(C2=Cc3cc(OC)c(OC)cc3[C@H](C(Cl)(Cl)Cl)O2)cc1. The summed E-state index contributed by atoms with van der Waals surface area (Å²) in [5, 5.41) is 0. The highest BCUT2D eigenvalue weighted by Crippen LogP contribution is 2.50. The maximum absolute atomic E-state index is 6.21. The fraction of sp³-hybridized carbons (Fsp3) is 0.300.